The Morgan fingerprint density at radius 1 is 1.17 bits per heavy atom. The number of nitrogens with zero attached hydrogens (tertiary/aromatic N) is 1. The van der Waals surface area contributed by atoms with Crippen LogP contribution in [0.1, 0.15) is 31.2 Å². The average Bonchev–Trinajstić information content (AvgIpc) is 2.60. The molecule has 0 atom stereocenters. The maximum Gasteiger partial charge on any atom is 0.266 e. The van der Waals surface area contributed by atoms with Crippen molar-refractivity contribution in [2.24, 2.45) is 11.5 Å². The first-order chi connectivity index (χ1) is 13.7. The summed E-state index contributed by atoms with van der Waals surface area (Å²) in [6.07, 6.45) is 4.97. The second-order valence-electron chi connectivity index (χ2n) is 7.23. The minimum absolute atomic E-state index is 0.0498. The number of benzene rings is 1. The van der Waals surface area contributed by atoms with Crippen molar-refractivity contribution in [1.29, 1.82) is 0 Å². The number of primary amides is 2. The maximum atomic E-state index is 14.2. The second kappa shape index (κ2) is 7.75. The molecule has 1 aromatic carbocycles. The van der Waals surface area contributed by atoms with Crippen LogP contribution in [0.4, 0.5) is 13.2 Å². The van der Waals surface area contributed by atoms with Gasteiger partial charge in [0.1, 0.15) is 23.1 Å². The molecule has 9 heteroatoms. The van der Waals surface area contributed by atoms with E-state index in [1.807, 2.05) is 0 Å². The van der Waals surface area contributed by atoms with Gasteiger partial charge < -0.3 is 11.5 Å². The molecule has 0 aromatic heterocycles. The van der Waals surface area contributed by atoms with E-state index in [-0.39, 0.29) is 29.7 Å². The number of allylic oxidation sites excluding steroid dienone is 1. The summed E-state index contributed by atoms with van der Waals surface area (Å²) in [5.41, 5.74) is 13.4. The molecule has 0 unspecified atom stereocenters. The molecular formula is C20H21F3N4O2. The van der Waals surface area contributed by atoms with Gasteiger partial charge in [-0.05, 0) is 24.8 Å². The van der Waals surface area contributed by atoms with E-state index < -0.39 is 40.4 Å². The summed E-state index contributed by atoms with van der Waals surface area (Å²) in [5.74, 6) is -4.87. The summed E-state index contributed by atoms with van der Waals surface area (Å²) in [5, 5.41) is 1.28. The maximum absolute atomic E-state index is 14.2. The van der Waals surface area contributed by atoms with Crippen LogP contribution < -0.4 is 16.9 Å². The Morgan fingerprint density at radius 2 is 1.79 bits per heavy atom. The van der Waals surface area contributed by atoms with Crippen molar-refractivity contribution in [2.45, 2.75) is 37.6 Å². The van der Waals surface area contributed by atoms with Crippen molar-refractivity contribution in [1.82, 2.24) is 10.4 Å². The van der Waals surface area contributed by atoms with Crippen LogP contribution in [0, 0.1) is 17.5 Å². The van der Waals surface area contributed by atoms with Crippen molar-refractivity contribution >= 4 is 11.8 Å². The van der Waals surface area contributed by atoms with Gasteiger partial charge in [0.15, 0.2) is 0 Å². The molecule has 2 amide bonds. The van der Waals surface area contributed by atoms with Crippen LogP contribution in [0.15, 0.2) is 47.8 Å². The molecule has 1 aliphatic carbocycles. The Morgan fingerprint density at radius 3 is 2.24 bits per heavy atom. The number of carbonyl (C=O) groups is 2. The number of amides is 2. The Hall–Kier alpha value is -3.07. The Kier molecular flexibility index (Phi) is 5.52. The molecule has 0 saturated heterocycles. The van der Waals surface area contributed by atoms with E-state index in [1.165, 1.54) is 11.2 Å². The molecule has 6 nitrogen and oxygen atoms in total. The quantitative estimate of drug-likeness (QED) is 0.604. The second-order valence-corrected chi connectivity index (χ2v) is 7.23. The molecule has 5 N–H and O–H groups in total. The Labute approximate surface area is 165 Å². The molecule has 0 radical (unpaired) electrons. The van der Waals surface area contributed by atoms with Crippen LogP contribution in [0.2, 0.25) is 0 Å². The van der Waals surface area contributed by atoms with Gasteiger partial charge in [-0.25, -0.2) is 18.6 Å². The molecule has 1 heterocycles. The Balaban J connectivity index is 2.05. The molecule has 0 spiro atoms. The third-order valence-corrected chi connectivity index (χ3v) is 5.29. The molecule has 1 fully saturated rings. The van der Waals surface area contributed by atoms with Gasteiger partial charge in [0, 0.05) is 42.3 Å². The molecule has 2 aliphatic rings. The SMILES string of the molecule is C=CC1(NN2C=C(C(N)=O)CC(Cc3c(F)cc(F)cc3F)=C2C(N)=O)CCC1. The Bertz CT molecular complexity index is 928. The number of rotatable bonds is 7. The van der Waals surface area contributed by atoms with Crippen LogP contribution in [0.5, 0.6) is 0 Å². The van der Waals surface area contributed by atoms with Gasteiger partial charge in [0.05, 0.1) is 5.54 Å². The lowest BCUT2D eigenvalue weighted by Crippen LogP contribution is -2.57. The van der Waals surface area contributed by atoms with Gasteiger partial charge in [-0.3, -0.25) is 14.6 Å². The van der Waals surface area contributed by atoms with E-state index >= 15 is 0 Å². The zero-order valence-electron chi connectivity index (χ0n) is 15.6. The zero-order chi connectivity index (χ0) is 21.3. The molecule has 0 bridgehead atoms. The van der Waals surface area contributed by atoms with Crippen molar-refractivity contribution < 1.29 is 22.8 Å². The van der Waals surface area contributed by atoms with E-state index in [4.69, 9.17) is 11.5 Å². The van der Waals surface area contributed by atoms with Crippen LogP contribution in [0.3, 0.4) is 0 Å². The predicted molar refractivity (Wildman–Crippen MR) is 99.9 cm³/mol. The first-order valence-corrected chi connectivity index (χ1v) is 9.02. The molecule has 1 saturated carbocycles. The van der Waals surface area contributed by atoms with E-state index in [2.05, 4.69) is 12.0 Å². The largest absolute Gasteiger partial charge is 0.366 e. The molecule has 3 rings (SSSR count). The van der Waals surface area contributed by atoms with Crippen LogP contribution in [-0.2, 0) is 16.0 Å². The van der Waals surface area contributed by atoms with Crippen molar-refractivity contribution in [3.63, 3.8) is 0 Å². The standard InChI is InChI=1S/C20H21F3N4O2/c1-2-20(4-3-5-20)26-27-10-12(18(24)28)6-11(17(27)19(25)29)7-14-15(22)8-13(21)9-16(14)23/h2,8-10,26H,1,3-7H2,(H2,24,28)(H2,25,29). The lowest BCUT2D eigenvalue weighted by Gasteiger charge is -2.45. The van der Waals surface area contributed by atoms with Crippen molar-refractivity contribution in [3.05, 3.63) is 70.8 Å². The summed E-state index contributed by atoms with van der Waals surface area (Å²) in [4.78, 5) is 24.0. The normalized spacial score (nSPS) is 18.2. The number of nitrogens with two attached hydrogens (primary N) is 2. The lowest BCUT2D eigenvalue weighted by molar-refractivity contribution is -0.117. The van der Waals surface area contributed by atoms with E-state index in [0.29, 0.717) is 12.1 Å². The molecular weight excluding hydrogens is 385 g/mol. The molecule has 1 aliphatic heterocycles. The van der Waals surface area contributed by atoms with Crippen molar-refractivity contribution in [3.8, 4) is 0 Å². The predicted octanol–water partition coefficient (Wildman–Crippen LogP) is 2.07. The zero-order valence-corrected chi connectivity index (χ0v) is 15.6. The summed E-state index contributed by atoms with van der Waals surface area (Å²) >= 11 is 0. The number of hydrazine groups is 1. The number of carbonyl (C=O) groups excluding carboxylic acids is 2. The van der Waals surface area contributed by atoms with E-state index in [1.54, 1.807) is 6.08 Å². The lowest BCUT2D eigenvalue weighted by atomic mass is 9.77. The minimum Gasteiger partial charge on any atom is -0.366 e. The highest BCUT2D eigenvalue weighted by Gasteiger charge is 2.38. The van der Waals surface area contributed by atoms with E-state index in [9.17, 15) is 22.8 Å². The summed E-state index contributed by atoms with van der Waals surface area (Å²) in [6, 6.07) is 1.10. The fourth-order valence-electron chi connectivity index (χ4n) is 3.54. The summed E-state index contributed by atoms with van der Waals surface area (Å²) in [6.45, 7) is 3.79. The van der Waals surface area contributed by atoms with Gasteiger partial charge in [-0.15, -0.1) is 6.58 Å². The fourth-order valence-corrected chi connectivity index (χ4v) is 3.54. The van der Waals surface area contributed by atoms with Gasteiger partial charge in [0.25, 0.3) is 5.91 Å². The number of halogens is 3. The van der Waals surface area contributed by atoms with Crippen LogP contribution in [0.25, 0.3) is 0 Å². The number of nitrogens with one attached hydrogen (secondary N) is 1. The number of hydrogen-bond acceptors (Lipinski definition) is 4. The van der Waals surface area contributed by atoms with Crippen LogP contribution in [-0.4, -0.2) is 22.4 Å². The van der Waals surface area contributed by atoms with Gasteiger partial charge >= 0.3 is 0 Å². The molecule has 1 aromatic rings. The van der Waals surface area contributed by atoms with Gasteiger partial charge in [-0.2, -0.15) is 0 Å². The highest BCUT2D eigenvalue weighted by molar-refractivity contribution is 5.96. The summed E-state index contributed by atoms with van der Waals surface area (Å²) < 4.78 is 41.6. The number of hydrogen-bond donors (Lipinski definition) is 3. The summed E-state index contributed by atoms with van der Waals surface area (Å²) in [7, 11) is 0. The highest BCUT2D eigenvalue weighted by Crippen LogP contribution is 2.36. The molecule has 154 valence electrons. The van der Waals surface area contributed by atoms with E-state index in [0.717, 1.165) is 19.3 Å². The highest BCUT2D eigenvalue weighted by atomic mass is 19.1. The molecule has 29 heavy (non-hydrogen) atoms. The fraction of sp³-hybridized carbons (Fsp3) is 0.300. The van der Waals surface area contributed by atoms with Crippen LogP contribution >= 0.6 is 0 Å². The van der Waals surface area contributed by atoms with Crippen molar-refractivity contribution in [2.75, 3.05) is 0 Å². The smallest absolute Gasteiger partial charge is 0.266 e. The topological polar surface area (TPSA) is 101 Å². The third-order valence-electron chi connectivity index (χ3n) is 5.29. The van der Waals surface area contributed by atoms with Gasteiger partial charge in [-0.1, -0.05) is 6.08 Å². The monoisotopic (exact) mass is 406 g/mol. The minimum atomic E-state index is -1.10. The third kappa shape index (κ3) is 4.04. The first kappa shape index (κ1) is 20.7. The first-order valence-electron chi connectivity index (χ1n) is 9.02. The van der Waals surface area contributed by atoms with Gasteiger partial charge in [0.2, 0.25) is 5.91 Å². The average molecular weight is 406 g/mol.